The van der Waals surface area contributed by atoms with Crippen LogP contribution in [0.4, 0.5) is 0 Å². The van der Waals surface area contributed by atoms with Gasteiger partial charge in [0.25, 0.3) is 0 Å². The van der Waals surface area contributed by atoms with Crippen LogP contribution in [-0.2, 0) is 18.8 Å². The molecule has 1 aromatic heterocycles. The van der Waals surface area contributed by atoms with Gasteiger partial charge in [-0.2, -0.15) is 0 Å². The molecule has 94 valence electrons. The van der Waals surface area contributed by atoms with Crippen LogP contribution in [-0.4, -0.2) is 23.0 Å². The van der Waals surface area contributed by atoms with Gasteiger partial charge in [-0.1, -0.05) is 25.1 Å². The first kappa shape index (κ1) is 11.9. The summed E-state index contributed by atoms with van der Waals surface area (Å²) in [6.45, 7) is 5.40. The largest absolute Gasteiger partial charge is 0.299 e. The average Bonchev–Trinajstić information content (AvgIpc) is 2.44. The zero-order chi connectivity index (χ0) is 12.5. The second kappa shape index (κ2) is 4.87. The van der Waals surface area contributed by atoms with Crippen LogP contribution < -0.4 is 0 Å². The Labute approximate surface area is 113 Å². The number of nitrogens with zero attached hydrogens (tertiary/aromatic N) is 2. The van der Waals surface area contributed by atoms with Gasteiger partial charge in [-0.05, 0) is 23.7 Å². The van der Waals surface area contributed by atoms with Crippen LogP contribution in [0.2, 0.25) is 0 Å². The molecule has 2 heterocycles. The highest BCUT2D eigenvalue weighted by molar-refractivity contribution is 6.18. The molecule has 2 aromatic rings. The number of halogens is 1. The number of fused-ring (bicyclic) bond motifs is 2. The molecular weight excluding hydrogens is 244 g/mol. The Morgan fingerprint density at radius 3 is 2.94 bits per heavy atom. The summed E-state index contributed by atoms with van der Waals surface area (Å²) in [7, 11) is 0. The molecule has 1 aliphatic rings. The average molecular weight is 261 g/mol. The third kappa shape index (κ3) is 1.90. The quantitative estimate of drug-likeness (QED) is 0.770. The van der Waals surface area contributed by atoms with E-state index in [0.717, 1.165) is 31.6 Å². The van der Waals surface area contributed by atoms with Crippen molar-refractivity contribution in [2.24, 2.45) is 0 Å². The van der Waals surface area contributed by atoms with Crippen molar-refractivity contribution in [2.75, 3.05) is 13.1 Å². The monoisotopic (exact) mass is 260 g/mol. The van der Waals surface area contributed by atoms with Gasteiger partial charge in [0.1, 0.15) is 0 Å². The summed E-state index contributed by atoms with van der Waals surface area (Å²) in [5.74, 6) is 0.572. The smallest absolute Gasteiger partial charge is 0.0708 e. The van der Waals surface area contributed by atoms with Crippen molar-refractivity contribution in [2.45, 2.75) is 25.8 Å². The van der Waals surface area contributed by atoms with Gasteiger partial charge in [0.15, 0.2) is 0 Å². The van der Waals surface area contributed by atoms with Crippen molar-refractivity contribution in [3.8, 4) is 0 Å². The predicted molar refractivity (Wildman–Crippen MR) is 76.0 cm³/mol. The van der Waals surface area contributed by atoms with Crippen molar-refractivity contribution in [1.82, 2.24) is 9.88 Å². The summed E-state index contributed by atoms with van der Waals surface area (Å²) in [6, 6.07) is 8.32. The van der Waals surface area contributed by atoms with Gasteiger partial charge in [0.05, 0.1) is 5.52 Å². The van der Waals surface area contributed by atoms with Crippen molar-refractivity contribution in [3.05, 3.63) is 41.1 Å². The number of hydrogen-bond donors (Lipinski definition) is 0. The lowest BCUT2D eigenvalue weighted by Gasteiger charge is -2.29. The van der Waals surface area contributed by atoms with E-state index >= 15 is 0 Å². The van der Waals surface area contributed by atoms with E-state index in [-0.39, 0.29) is 0 Å². The topological polar surface area (TPSA) is 16.1 Å². The number of aromatic nitrogens is 1. The number of alkyl halides is 1. The van der Waals surface area contributed by atoms with Crippen LogP contribution in [0.1, 0.15) is 23.7 Å². The molecule has 1 aliphatic heterocycles. The predicted octanol–water partition coefficient (Wildman–Crippen LogP) is 3.35. The van der Waals surface area contributed by atoms with Crippen LogP contribution in [0.25, 0.3) is 10.9 Å². The zero-order valence-electron chi connectivity index (χ0n) is 10.6. The molecule has 0 radical (unpaired) electrons. The fraction of sp³-hybridized carbons (Fsp3) is 0.400. The Bertz CT molecular complexity index is 580. The molecule has 0 amide bonds. The van der Waals surface area contributed by atoms with E-state index in [2.05, 4.69) is 30.0 Å². The Morgan fingerprint density at radius 1 is 1.33 bits per heavy atom. The van der Waals surface area contributed by atoms with Crippen molar-refractivity contribution in [1.29, 1.82) is 0 Å². The Morgan fingerprint density at radius 2 is 2.17 bits per heavy atom. The normalized spacial score (nSPS) is 15.9. The van der Waals surface area contributed by atoms with E-state index in [9.17, 15) is 0 Å². The lowest BCUT2D eigenvalue weighted by molar-refractivity contribution is 0.265. The van der Waals surface area contributed by atoms with Gasteiger partial charge in [-0.25, -0.2) is 0 Å². The fourth-order valence-corrected chi connectivity index (χ4v) is 3.06. The first-order valence-corrected chi connectivity index (χ1v) is 7.04. The highest BCUT2D eigenvalue weighted by Crippen LogP contribution is 2.28. The number of likely N-dealkylation sites (N-methyl/N-ethyl adjacent to an activating group) is 1. The lowest BCUT2D eigenvalue weighted by atomic mass is 9.97. The molecule has 2 nitrogen and oxygen atoms in total. The lowest BCUT2D eigenvalue weighted by Crippen LogP contribution is -2.31. The summed E-state index contributed by atoms with van der Waals surface area (Å²) < 4.78 is 0. The van der Waals surface area contributed by atoms with Gasteiger partial charge in [-0.15, -0.1) is 11.6 Å². The zero-order valence-corrected chi connectivity index (χ0v) is 11.4. The highest BCUT2D eigenvalue weighted by Gasteiger charge is 2.20. The molecule has 0 atom stereocenters. The van der Waals surface area contributed by atoms with Crippen molar-refractivity contribution < 1.29 is 0 Å². The van der Waals surface area contributed by atoms with Crippen LogP contribution in [0.3, 0.4) is 0 Å². The van der Waals surface area contributed by atoms with E-state index in [1.54, 1.807) is 0 Å². The molecule has 0 saturated heterocycles. The minimum absolute atomic E-state index is 0.572. The second-order valence-electron chi connectivity index (χ2n) is 4.79. The summed E-state index contributed by atoms with van der Waals surface area (Å²) in [6.07, 6.45) is 1.04. The Kier molecular flexibility index (Phi) is 3.23. The van der Waals surface area contributed by atoms with Gasteiger partial charge < -0.3 is 0 Å². The summed E-state index contributed by atoms with van der Waals surface area (Å²) in [5.41, 5.74) is 4.96. The number of rotatable bonds is 2. The molecule has 0 saturated carbocycles. The van der Waals surface area contributed by atoms with E-state index in [0.29, 0.717) is 5.88 Å². The van der Waals surface area contributed by atoms with E-state index in [1.165, 1.54) is 22.2 Å². The number of pyridine rings is 1. The first-order valence-electron chi connectivity index (χ1n) is 6.51. The number of para-hydroxylation sites is 1. The van der Waals surface area contributed by atoms with Crippen LogP contribution >= 0.6 is 11.6 Å². The van der Waals surface area contributed by atoms with E-state index in [1.807, 2.05) is 6.07 Å². The molecule has 0 fully saturated rings. The minimum Gasteiger partial charge on any atom is -0.299 e. The molecule has 3 heteroatoms. The summed E-state index contributed by atoms with van der Waals surface area (Å²) in [4.78, 5) is 7.26. The SMILES string of the molecule is CCN1CCc2nc3ccccc3c(CCl)c2C1. The highest BCUT2D eigenvalue weighted by atomic mass is 35.5. The van der Waals surface area contributed by atoms with Crippen LogP contribution in [0, 0.1) is 0 Å². The first-order chi connectivity index (χ1) is 8.83. The molecular formula is C15H17ClN2. The van der Waals surface area contributed by atoms with Gasteiger partial charge >= 0.3 is 0 Å². The Hall–Kier alpha value is -1.12. The second-order valence-corrected chi connectivity index (χ2v) is 5.05. The maximum atomic E-state index is 6.19. The standard InChI is InChI=1S/C15H17ClN2/c1-2-18-8-7-15-13(10-18)12(9-16)11-5-3-4-6-14(11)17-15/h3-6H,2,7-10H2,1H3. The van der Waals surface area contributed by atoms with Gasteiger partial charge in [0, 0.05) is 36.5 Å². The molecule has 0 bridgehead atoms. The maximum absolute atomic E-state index is 6.19. The van der Waals surface area contributed by atoms with Crippen molar-refractivity contribution in [3.63, 3.8) is 0 Å². The molecule has 0 spiro atoms. The number of hydrogen-bond acceptors (Lipinski definition) is 2. The van der Waals surface area contributed by atoms with Crippen molar-refractivity contribution >= 4 is 22.5 Å². The maximum Gasteiger partial charge on any atom is 0.0708 e. The third-order valence-electron chi connectivity index (χ3n) is 3.82. The Balaban J connectivity index is 2.21. The number of benzene rings is 1. The van der Waals surface area contributed by atoms with Crippen LogP contribution in [0.15, 0.2) is 24.3 Å². The van der Waals surface area contributed by atoms with E-state index in [4.69, 9.17) is 16.6 Å². The molecule has 0 unspecified atom stereocenters. The minimum atomic E-state index is 0.572. The summed E-state index contributed by atoms with van der Waals surface area (Å²) >= 11 is 6.19. The molecule has 3 rings (SSSR count). The van der Waals surface area contributed by atoms with Gasteiger partial charge in [0.2, 0.25) is 0 Å². The third-order valence-corrected chi connectivity index (χ3v) is 4.09. The molecule has 0 N–H and O–H groups in total. The van der Waals surface area contributed by atoms with E-state index < -0.39 is 0 Å². The summed E-state index contributed by atoms with van der Waals surface area (Å²) in [5, 5.41) is 1.21. The molecule has 0 aliphatic carbocycles. The molecule has 18 heavy (non-hydrogen) atoms. The fourth-order valence-electron chi connectivity index (χ4n) is 2.76. The molecule has 1 aromatic carbocycles. The van der Waals surface area contributed by atoms with Gasteiger partial charge in [-0.3, -0.25) is 9.88 Å². The van der Waals surface area contributed by atoms with Crippen LogP contribution in [0.5, 0.6) is 0 Å².